The SMILES string of the molecule is CCCS(=O)(=O)Nc1cccc(C(=O)c2ccc3ncc(OC)nc3c2)c1F. The van der Waals surface area contributed by atoms with Crippen LogP contribution in [-0.4, -0.2) is 37.0 Å². The molecule has 1 N–H and O–H groups in total. The van der Waals surface area contributed by atoms with Gasteiger partial charge in [0.25, 0.3) is 0 Å². The Morgan fingerprint density at radius 1 is 1.21 bits per heavy atom. The summed E-state index contributed by atoms with van der Waals surface area (Å²) in [5.41, 5.74) is 0.667. The maximum absolute atomic E-state index is 14.8. The number of ketones is 1. The zero-order valence-electron chi connectivity index (χ0n) is 15.3. The zero-order chi connectivity index (χ0) is 20.3. The molecule has 0 saturated carbocycles. The van der Waals surface area contributed by atoms with Crippen molar-refractivity contribution in [2.45, 2.75) is 13.3 Å². The summed E-state index contributed by atoms with van der Waals surface area (Å²) in [5, 5.41) is 0. The Bertz CT molecular complexity index is 1150. The molecule has 0 saturated heterocycles. The summed E-state index contributed by atoms with van der Waals surface area (Å²) in [5.74, 6) is -1.38. The first-order valence-electron chi connectivity index (χ1n) is 8.49. The van der Waals surface area contributed by atoms with Crippen LogP contribution in [0, 0.1) is 5.82 Å². The van der Waals surface area contributed by atoms with Crippen LogP contribution in [0.2, 0.25) is 0 Å². The average Bonchev–Trinajstić information content (AvgIpc) is 2.68. The highest BCUT2D eigenvalue weighted by Crippen LogP contribution is 2.23. The van der Waals surface area contributed by atoms with Gasteiger partial charge in [0, 0.05) is 5.56 Å². The van der Waals surface area contributed by atoms with E-state index in [9.17, 15) is 17.6 Å². The van der Waals surface area contributed by atoms with Gasteiger partial charge in [-0.3, -0.25) is 9.52 Å². The predicted molar refractivity (Wildman–Crippen MR) is 104 cm³/mol. The lowest BCUT2D eigenvalue weighted by Crippen LogP contribution is -2.18. The number of hydrogen-bond donors (Lipinski definition) is 1. The first-order chi connectivity index (χ1) is 13.3. The number of fused-ring (bicyclic) bond motifs is 1. The molecule has 9 heteroatoms. The van der Waals surface area contributed by atoms with Gasteiger partial charge in [-0.25, -0.2) is 22.8 Å². The van der Waals surface area contributed by atoms with Crippen LogP contribution in [0.25, 0.3) is 11.0 Å². The van der Waals surface area contributed by atoms with Crippen molar-refractivity contribution < 1.29 is 22.3 Å². The number of carbonyl (C=O) groups is 1. The van der Waals surface area contributed by atoms with Crippen molar-refractivity contribution in [3.8, 4) is 5.88 Å². The smallest absolute Gasteiger partial charge is 0.232 e. The molecular formula is C19H18FN3O4S. The van der Waals surface area contributed by atoms with Gasteiger partial charge in [0.1, 0.15) is 0 Å². The van der Waals surface area contributed by atoms with Crippen LogP contribution < -0.4 is 9.46 Å². The summed E-state index contributed by atoms with van der Waals surface area (Å²) < 4.78 is 45.9. The Morgan fingerprint density at radius 3 is 2.71 bits per heavy atom. The lowest BCUT2D eigenvalue weighted by molar-refractivity contribution is 0.103. The van der Waals surface area contributed by atoms with E-state index in [4.69, 9.17) is 4.74 Å². The van der Waals surface area contributed by atoms with Crippen molar-refractivity contribution in [3.05, 3.63) is 59.5 Å². The van der Waals surface area contributed by atoms with Gasteiger partial charge < -0.3 is 4.74 Å². The van der Waals surface area contributed by atoms with E-state index in [-0.39, 0.29) is 28.4 Å². The Morgan fingerprint density at radius 2 is 2.00 bits per heavy atom. The number of methoxy groups -OCH3 is 1. The van der Waals surface area contributed by atoms with E-state index < -0.39 is 21.6 Å². The zero-order valence-corrected chi connectivity index (χ0v) is 16.1. The maximum atomic E-state index is 14.8. The standard InChI is InChI=1S/C19H18FN3O4S/c1-3-9-28(25,26)23-15-6-4-5-13(18(15)20)19(24)12-7-8-14-16(10-12)22-17(27-2)11-21-14/h4-8,10-11,23H,3,9H2,1-2H3. The molecule has 0 aliphatic carbocycles. The van der Waals surface area contributed by atoms with Crippen LogP contribution in [0.3, 0.4) is 0 Å². The Kier molecular flexibility index (Phi) is 5.55. The first-order valence-corrected chi connectivity index (χ1v) is 10.1. The lowest BCUT2D eigenvalue weighted by atomic mass is 10.0. The number of nitrogens with one attached hydrogen (secondary N) is 1. The summed E-state index contributed by atoms with van der Waals surface area (Å²) >= 11 is 0. The number of halogens is 1. The van der Waals surface area contributed by atoms with Gasteiger partial charge >= 0.3 is 0 Å². The first kappa shape index (κ1) is 19.7. The molecule has 0 aliphatic rings. The van der Waals surface area contributed by atoms with Gasteiger partial charge in [0.05, 0.1) is 41.3 Å². The van der Waals surface area contributed by atoms with Crippen LogP contribution in [0.1, 0.15) is 29.3 Å². The lowest BCUT2D eigenvalue weighted by Gasteiger charge is -2.11. The Balaban J connectivity index is 1.98. The van der Waals surface area contributed by atoms with E-state index in [2.05, 4.69) is 14.7 Å². The van der Waals surface area contributed by atoms with Gasteiger partial charge in [0.2, 0.25) is 15.9 Å². The number of benzene rings is 2. The molecule has 146 valence electrons. The molecule has 7 nitrogen and oxygen atoms in total. The highest BCUT2D eigenvalue weighted by atomic mass is 32.2. The van der Waals surface area contributed by atoms with Crippen LogP contribution in [-0.2, 0) is 10.0 Å². The third-order valence-electron chi connectivity index (χ3n) is 3.97. The minimum atomic E-state index is -3.68. The summed E-state index contributed by atoms with van der Waals surface area (Å²) in [6, 6.07) is 8.59. The normalized spacial score (nSPS) is 11.4. The highest BCUT2D eigenvalue weighted by molar-refractivity contribution is 7.92. The molecule has 1 heterocycles. The number of aromatic nitrogens is 2. The fraction of sp³-hybridized carbons (Fsp3) is 0.211. The largest absolute Gasteiger partial charge is 0.480 e. The van der Waals surface area contributed by atoms with Crippen molar-refractivity contribution in [1.82, 2.24) is 9.97 Å². The second-order valence-electron chi connectivity index (χ2n) is 6.03. The quantitative estimate of drug-likeness (QED) is 0.609. The highest BCUT2D eigenvalue weighted by Gasteiger charge is 2.20. The number of hydrogen-bond acceptors (Lipinski definition) is 6. The van der Waals surface area contributed by atoms with E-state index in [1.54, 1.807) is 13.0 Å². The Hall–Kier alpha value is -3.07. The monoisotopic (exact) mass is 403 g/mol. The molecule has 0 bridgehead atoms. The van der Waals surface area contributed by atoms with Crippen molar-refractivity contribution in [2.75, 3.05) is 17.6 Å². The van der Waals surface area contributed by atoms with E-state index in [0.717, 1.165) is 0 Å². The summed E-state index contributed by atoms with van der Waals surface area (Å²) in [6.07, 6.45) is 1.84. The summed E-state index contributed by atoms with van der Waals surface area (Å²) in [7, 11) is -2.23. The second kappa shape index (κ2) is 7.89. The van der Waals surface area contributed by atoms with Crippen molar-refractivity contribution >= 4 is 32.5 Å². The third kappa shape index (κ3) is 4.09. The fourth-order valence-corrected chi connectivity index (χ4v) is 3.80. The fourth-order valence-electron chi connectivity index (χ4n) is 2.66. The molecule has 0 spiro atoms. The maximum Gasteiger partial charge on any atom is 0.232 e. The molecule has 0 aliphatic heterocycles. The molecular weight excluding hydrogens is 385 g/mol. The molecule has 0 fully saturated rings. The number of carbonyl (C=O) groups excluding carboxylic acids is 1. The second-order valence-corrected chi connectivity index (χ2v) is 7.87. The number of ether oxygens (including phenoxy) is 1. The molecule has 0 amide bonds. The predicted octanol–water partition coefficient (Wildman–Crippen LogP) is 3.16. The average molecular weight is 403 g/mol. The van der Waals surface area contributed by atoms with E-state index in [0.29, 0.717) is 17.5 Å². The van der Waals surface area contributed by atoms with Crippen molar-refractivity contribution in [2.24, 2.45) is 0 Å². The van der Waals surface area contributed by atoms with Crippen LogP contribution in [0.5, 0.6) is 5.88 Å². The van der Waals surface area contributed by atoms with E-state index >= 15 is 0 Å². The summed E-state index contributed by atoms with van der Waals surface area (Å²) in [6.45, 7) is 1.70. The molecule has 0 unspecified atom stereocenters. The van der Waals surface area contributed by atoms with Crippen molar-refractivity contribution in [1.29, 1.82) is 0 Å². The van der Waals surface area contributed by atoms with E-state index in [1.165, 1.54) is 43.6 Å². The third-order valence-corrected chi connectivity index (χ3v) is 5.45. The topological polar surface area (TPSA) is 98.2 Å². The van der Waals surface area contributed by atoms with Crippen LogP contribution >= 0.6 is 0 Å². The molecule has 0 radical (unpaired) electrons. The van der Waals surface area contributed by atoms with Gasteiger partial charge in [0.15, 0.2) is 11.6 Å². The molecule has 1 aromatic heterocycles. The van der Waals surface area contributed by atoms with Crippen LogP contribution in [0.15, 0.2) is 42.6 Å². The minimum Gasteiger partial charge on any atom is -0.480 e. The minimum absolute atomic E-state index is 0.143. The number of nitrogens with zero attached hydrogens (tertiary/aromatic N) is 2. The van der Waals surface area contributed by atoms with Crippen LogP contribution in [0.4, 0.5) is 10.1 Å². The molecule has 3 aromatic rings. The molecule has 3 rings (SSSR count). The number of anilines is 1. The van der Waals surface area contributed by atoms with Gasteiger partial charge in [-0.2, -0.15) is 0 Å². The van der Waals surface area contributed by atoms with Gasteiger partial charge in [-0.15, -0.1) is 0 Å². The van der Waals surface area contributed by atoms with E-state index in [1.807, 2.05) is 0 Å². The number of sulfonamides is 1. The number of rotatable bonds is 7. The van der Waals surface area contributed by atoms with Gasteiger partial charge in [-0.1, -0.05) is 13.0 Å². The Labute approximate surface area is 161 Å². The summed E-state index contributed by atoms with van der Waals surface area (Å²) in [4.78, 5) is 21.2. The molecule has 28 heavy (non-hydrogen) atoms. The van der Waals surface area contributed by atoms with Crippen molar-refractivity contribution in [3.63, 3.8) is 0 Å². The van der Waals surface area contributed by atoms with Gasteiger partial charge in [-0.05, 0) is 36.8 Å². The molecule has 2 aromatic carbocycles. The molecule has 0 atom stereocenters.